The largest absolute Gasteiger partial charge is 0.477 e. The third-order valence-electron chi connectivity index (χ3n) is 2.63. The Hall–Kier alpha value is -2.15. The number of rotatable bonds is 4. The minimum atomic E-state index is -1.05. The van der Waals surface area contributed by atoms with E-state index in [-0.39, 0.29) is 10.8 Å². The molecule has 2 heterocycles. The first-order valence-corrected chi connectivity index (χ1v) is 6.56. The molecule has 0 saturated carbocycles. The van der Waals surface area contributed by atoms with Gasteiger partial charge in [-0.15, -0.1) is 11.3 Å². The second-order valence-electron chi connectivity index (χ2n) is 3.92. The average molecular weight is 279 g/mol. The molecule has 0 aliphatic carbocycles. The molecule has 0 radical (unpaired) electrons. The Bertz CT molecular complexity index is 630. The predicted octanol–water partition coefficient (Wildman–Crippen LogP) is 1.99. The molecule has 0 aromatic carbocycles. The molecule has 19 heavy (non-hydrogen) atoms. The van der Waals surface area contributed by atoms with Crippen molar-refractivity contribution < 1.29 is 14.7 Å². The first kappa shape index (κ1) is 13.3. The molecule has 2 N–H and O–H groups in total. The van der Waals surface area contributed by atoms with Crippen LogP contribution in [0.2, 0.25) is 0 Å². The summed E-state index contributed by atoms with van der Waals surface area (Å²) in [6.07, 6.45) is 0.736. The van der Waals surface area contributed by atoms with Crippen LogP contribution in [-0.4, -0.2) is 26.8 Å². The summed E-state index contributed by atoms with van der Waals surface area (Å²) in [7, 11) is 1.68. The Morgan fingerprint density at radius 1 is 1.53 bits per heavy atom. The summed E-state index contributed by atoms with van der Waals surface area (Å²) in [5.74, 6) is -1.42. The lowest BCUT2D eigenvalue weighted by Crippen LogP contribution is -2.17. The summed E-state index contributed by atoms with van der Waals surface area (Å²) in [6.45, 7) is 1.95. The van der Waals surface area contributed by atoms with E-state index in [4.69, 9.17) is 5.11 Å². The molecule has 0 unspecified atom stereocenters. The quantitative estimate of drug-likeness (QED) is 0.896. The minimum absolute atomic E-state index is 0.117. The van der Waals surface area contributed by atoms with Gasteiger partial charge in [-0.2, -0.15) is 5.10 Å². The Morgan fingerprint density at radius 2 is 2.26 bits per heavy atom. The summed E-state index contributed by atoms with van der Waals surface area (Å²) in [4.78, 5) is 23.2. The fraction of sp³-hybridized carbons (Fsp3) is 0.250. The molecule has 7 heteroatoms. The maximum Gasteiger partial charge on any atom is 0.348 e. The Kier molecular flexibility index (Phi) is 3.66. The van der Waals surface area contributed by atoms with Crippen molar-refractivity contribution in [2.75, 3.05) is 5.32 Å². The summed E-state index contributed by atoms with van der Waals surface area (Å²) in [6, 6.07) is 3.27. The molecule has 2 aromatic heterocycles. The highest BCUT2D eigenvalue weighted by Gasteiger charge is 2.17. The van der Waals surface area contributed by atoms with Gasteiger partial charge >= 0.3 is 5.97 Å². The first-order valence-electron chi connectivity index (χ1n) is 5.68. The lowest BCUT2D eigenvalue weighted by atomic mass is 10.3. The van der Waals surface area contributed by atoms with Crippen LogP contribution in [0.5, 0.6) is 0 Å². The third-order valence-corrected chi connectivity index (χ3v) is 3.54. The van der Waals surface area contributed by atoms with E-state index in [0.29, 0.717) is 11.4 Å². The van der Waals surface area contributed by atoms with Gasteiger partial charge in [-0.05, 0) is 23.9 Å². The van der Waals surface area contributed by atoms with E-state index in [2.05, 4.69) is 10.4 Å². The number of thiophene rings is 1. The summed E-state index contributed by atoms with van der Waals surface area (Å²) < 4.78 is 1.49. The number of hydrogen-bond donors (Lipinski definition) is 2. The van der Waals surface area contributed by atoms with Crippen LogP contribution in [0.15, 0.2) is 17.5 Å². The topological polar surface area (TPSA) is 84.2 Å². The summed E-state index contributed by atoms with van der Waals surface area (Å²) >= 11 is 1.07. The highest BCUT2D eigenvalue weighted by atomic mass is 32.1. The molecular formula is C12H13N3O3S. The fourth-order valence-corrected chi connectivity index (χ4v) is 2.36. The van der Waals surface area contributed by atoms with E-state index in [9.17, 15) is 9.59 Å². The van der Waals surface area contributed by atoms with Crippen molar-refractivity contribution in [3.05, 3.63) is 33.8 Å². The standard InChI is InChI=1S/C12H13N3O3S/c1-3-7-6-9(15(2)14-7)11(16)13-8-4-5-19-10(8)12(17)18/h4-6H,3H2,1-2H3,(H,13,16)(H,17,18). The number of carboxylic acid groups (broad SMARTS) is 1. The second kappa shape index (κ2) is 5.23. The van der Waals surface area contributed by atoms with Crippen molar-refractivity contribution in [2.45, 2.75) is 13.3 Å². The molecule has 100 valence electrons. The molecule has 0 atom stereocenters. The lowest BCUT2D eigenvalue weighted by molar-refractivity contribution is 0.0703. The van der Waals surface area contributed by atoms with Gasteiger partial charge in [0.2, 0.25) is 0 Å². The van der Waals surface area contributed by atoms with Crippen LogP contribution in [0.4, 0.5) is 5.69 Å². The van der Waals surface area contributed by atoms with Crippen LogP contribution in [0.1, 0.15) is 32.8 Å². The van der Waals surface area contributed by atoms with Crippen molar-refractivity contribution in [1.82, 2.24) is 9.78 Å². The molecule has 0 aliphatic heterocycles. The van der Waals surface area contributed by atoms with Crippen molar-refractivity contribution in [3.8, 4) is 0 Å². The molecule has 0 bridgehead atoms. The van der Waals surface area contributed by atoms with E-state index in [1.54, 1.807) is 24.6 Å². The Balaban J connectivity index is 2.23. The second-order valence-corrected chi connectivity index (χ2v) is 4.84. The highest BCUT2D eigenvalue weighted by Crippen LogP contribution is 2.22. The summed E-state index contributed by atoms with van der Waals surface area (Å²) in [5, 5.41) is 17.4. The molecule has 0 saturated heterocycles. The minimum Gasteiger partial charge on any atom is -0.477 e. The number of aryl methyl sites for hydroxylation is 2. The average Bonchev–Trinajstić information content (AvgIpc) is 2.95. The van der Waals surface area contributed by atoms with Crippen LogP contribution in [-0.2, 0) is 13.5 Å². The number of nitrogens with zero attached hydrogens (tertiary/aromatic N) is 2. The number of aromatic carboxylic acids is 1. The van der Waals surface area contributed by atoms with Gasteiger partial charge < -0.3 is 10.4 Å². The third kappa shape index (κ3) is 2.65. The molecule has 1 amide bonds. The molecule has 0 aliphatic rings. The predicted molar refractivity (Wildman–Crippen MR) is 71.8 cm³/mol. The number of hydrogen-bond acceptors (Lipinski definition) is 4. The van der Waals surface area contributed by atoms with Gasteiger partial charge in [-0.1, -0.05) is 6.92 Å². The number of anilines is 1. The van der Waals surface area contributed by atoms with Crippen molar-refractivity contribution >= 4 is 28.9 Å². The number of nitrogens with one attached hydrogen (secondary N) is 1. The van der Waals surface area contributed by atoms with Gasteiger partial charge in [0, 0.05) is 7.05 Å². The van der Waals surface area contributed by atoms with Crippen molar-refractivity contribution in [1.29, 1.82) is 0 Å². The van der Waals surface area contributed by atoms with E-state index < -0.39 is 5.97 Å². The number of aromatic nitrogens is 2. The van der Waals surface area contributed by atoms with Gasteiger partial charge in [0.15, 0.2) is 0 Å². The van der Waals surface area contributed by atoms with Gasteiger partial charge in [0.05, 0.1) is 11.4 Å². The monoisotopic (exact) mass is 279 g/mol. The van der Waals surface area contributed by atoms with E-state index >= 15 is 0 Å². The number of carbonyl (C=O) groups is 2. The molecule has 0 spiro atoms. The fourth-order valence-electron chi connectivity index (χ4n) is 1.67. The number of carboxylic acids is 1. The Morgan fingerprint density at radius 3 is 2.84 bits per heavy atom. The SMILES string of the molecule is CCc1cc(C(=O)Nc2ccsc2C(=O)O)n(C)n1. The molecule has 6 nitrogen and oxygen atoms in total. The molecule has 2 rings (SSSR count). The van der Waals surface area contributed by atoms with Gasteiger partial charge in [-0.3, -0.25) is 9.48 Å². The van der Waals surface area contributed by atoms with Crippen LogP contribution in [0.3, 0.4) is 0 Å². The van der Waals surface area contributed by atoms with Crippen molar-refractivity contribution in [3.63, 3.8) is 0 Å². The van der Waals surface area contributed by atoms with Crippen LogP contribution >= 0.6 is 11.3 Å². The summed E-state index contributed by atoms with van der Waals surface area (Å²) in [5.41, 5.74) is 1.53. The normalized spacial score (nSPS) is 10.4. The van der Waals surface area contributed by atoms with Crippen molar-refractivity contribution in [2.24, 2.45) is 7.05 Å². The van der Waals surface area contributed by atoms with E-state index in [1.807, 2.05) is 6.92 Å². The van der Waals surface area contributed by atoms with Gasteiger partial charge in [-0.25, -0.2) is 4.79 Å². The zero-order valence-corrected chi connectivity index (χ0v) is 11.3. The van der Waals surface area contributed by atoms with Crippen LogP contribution in [0.25, 0.3) is 0 Å². The maximum absolute atomic E-state index is 12.1. The molecule has 0 fully saturated rings. The molecule has 2 aromatic rings. The van der Waals surface area contributed by atoms with Gasteiger partial charge in [0.1, 0.15) is 10.6 Å². The highest BCUT2D eigenvalue weighted by molar-refractivity contribution is 7.12. The number of carbonyl (C=O) groups excluding carboxylic acids is 1. The zero-order chi connectivity index (χ0) is 14.0. The van der Waals surface area contributed by atoms with Crippen LogP contribution < -0.4 is 5.32 Å². The zero-order valence-electron chi connectivity index (χ0n) is 10.5. The van der Waals surface area contributed by atoms with Crippen LogP contribution in [0, 0.1) is 0 Å². The number of amides is 1. The van der Waals surface area contributed by atoms with E-state index in [1.165, 1.54) is 4.68 Å². The molecular weight excluding hydrogens is 266 g/mol. The maximum atomic E-state index is 12.1. The lowest BCUT2D eigenvalue weighted by Gasteiger charge is -2.04. The smallest absolute Gasteiger partial charge is 0.348 e. The first-order chi connectivity index (χ1) is 9.02. The van der Waals surface area contributed by atoms with E-state index in [0.717, 1.165) is 23.5 Å². The van der Waals surface area contributed by atoms with Gasteiger partial charge in [0.25, 0.3) is 5.91 Å². The Labute approximate surface area is 113 Å².